The predicted octanol–water partition coefficient (Wildman–Crippen LogP) is 4.97. The van der Waals surface area contributed by atoms with Gasteiger partial charge in [0.25, 0.3) is 0 Å². The molecule has 0 fully saturated rings. The molecule has 10 heteroatoms. The first-order valence-corrected chi connectivity index (χ1v) is 9.57. The second-order valence-corrected chi connectivity index (χ2v) is 7.47. The molecule has 0 spiro atoms. The van der Waals surface area contributed by atoms with Crippen molar-refractivity contribution in [2.45, 2.75) is 19.1 Å². The van der Waals surface area contributed by atoms with Crippen LogP contribution < -0.4 is 4.90 Å². The zero-order chi connectivity index (χ0) is 22.5. The molecule has 2 aromatic rings. The van der Waals surface area contributed by atoms with Crippen molar-refractivity contribution in [3.05, 3.63) is 75.5 Å². The molecule has 0 radical (unpaired) electrons. The molecule has 0 saturated carbocycles. The van der Waals surface area contributed by atoms with Gasteiger partial charge in [0, 0.05) is 18.3 Å². The zero-order valence-electron chi connectivity index (χ0n) is 16.0. The molecular weight excluding hydrogens is 441 g/mol. The van der Waals surface area contributed by atoms with Crippen LogP contribution >= 0.6 is 11.6 Å². The summed E-state index contributed by atoms with van der Waals surface area (Å²) in [5.74, 6) is -1.62. The summed E-state index contributed by atoms with van der Waals surface area (Å²) in [6.07, 6.45) is -3.35. The first kappa shape index (κ1) is 21.5. The Kier molecular flexibility index (Phi) is 5.35. The highest BCUT2D eigenvalue weighted by molar-refractivity contribution is 6.38. The molecule has 0 amide bonds. The van der Waals surface area contributed by atoms with Crippen LogP contribution in [0.2, 0.25) is 5.02 Å². The van der Waals surface area contributed by atoms with Crippen molar-refractivity contribution in [1.29, 1.82) is 0 Å². The first-order chi connectivity index (χ1) is 14.6. The largest absolute Gasteiger partial charge is 0.417 e. The summed E-state index contributed by atoms with van der Waals surface area (Å²) in [6, 6.07) is 4.35. The lowest BCUT2D eigenvalue weighted by Gasteiger charge is -2.31. The summed E-state index contributed by atoms with van der Waals surface area (Å²) in [6.45, 7) is 1.39. The van der Waals surface area contributed by atoms with Crippen LogP contribution in [0.4, 0.5) is 27.6 Å². The second kappa shape index (κ2) is 7.72. The maximum Gasteiger partial charge on any atom is 0.417 e. The molecule has 0 bridgehead atoms. The standard InChI is InChI=1S/C21H15ClF5N3O/c1-10-20-28-7-11(9-31)8-30(20)15-6-5-12(21(25,26)27)18(22)17(15)19(29-10)16-13(23)3-2-4-14(16)24/h2-7,10,31H,8-9H2,1H3/t10-/m0/s1. The van der Waals surface area contributed by atoms with E-state index in [1.807, 2.05) is 0 Å². The van der Waals surface area contributed by atoms with E-state index in [9.17, 15) is 27.1 Å². The van der Waals surface area contributed by atoms with Gasteiger partial charge in [-0.25, -0.2) is 13.8 Å². The van der Waals surface area contributed by atoms with Crippen molar-refractivity contribution in [1.82, 2.24) is 0 Å². The number of anilines is 1. The quantitative estimate of drug-likeness (QED) is 0.650. The number of aliphatic hydroxyl groups excluding tert-OH is 1. The van der Waals surface area contributed by atoms with Crippen LogP contribution in [-0.4, -0.2) is 35.8 Å². The number of hydrogen-bond acceptors (Lipinski definition) is 4. The van der Waals surface area contributed by atoms with Crippen molar-refractivity contribution < 1.29 is 27.1 Å². The lowest BCUT2D eigenvalue weighted by Crippen LogP contribution is -2.40. The fourth-order valence-electron chi connectivity index (χ4n) is 3.65. The van der Waals surface area contributed by atoms with Crippen LogP contribution in [0, 0.1) is 11.6 Å². The second-order valence-electron chi connectivity index (χ2n) is 7.09. The third kappa shape index (κ3) is 3.61. The third-order valence-corrected chi connectivity index (χ3v) is 5.46. The molecular formula is C21H15ClF5N3O. The van der Waals surface area contributed by atoms with Gasteiger partial charge in [-0.2, -0.15) is 13.2 Å². The Hall–Kier alpha value is -2.78. The monoisotopic (exact) mass is 455 g/mol. The number of rotatable bonds is 2. The van der Waals surface area contributed by atoms with E-state index in [0.29, 0.717) is 11.4 Å². The van der Waals surface area contributed by atoms with E-state index >= 15 is 0 Å². The summed E-state index contributed by atoms with van der Waals surface area (Å²) in [5.41, 5.74) is -1.67. The summed E-state index contributed by atoms with van der Waals surface area (Å²) in [4.78, 5) is 10.2. The first-order valence-electron chi connectivity index (χ1n) is 9.19. The molecule has 162 valence electrons. The van der Waals surface area contributed by atoms with Crippen molar-refractivity contribution >= 4 is 28.8 Å². The number of halogens is 6. The Morgan fingerprint density at radius 2 is 1.81 bits per heavy atom. The maximum absolute atomic E-state index is 14.7. The van der Waals surface area contributed by atoms with E-state index in [2.05, 4.69) is 9.98 Å². The van der Waals surface area contributed by atoms with Crippen LogP contribution in [0.15, 0.2) is 52.1 Å². The van der Waals surface area contributed by atoms with Gasteiger partial charge in [-0.1, -0.05) is 17.7 Å². The average molecular weight is 456 g/mol. The van der Waals surface area contributed by atoms with Gasteiger partial charge in [-0.05, 0) is 36.8 Å². The van der Waals surface area contributed by atoms with Gasteiger partial charge < -0.3 is 10.0 Å². The fraction of sp³-hybridized carbons (Fsp3) is 0.238. The molecule has 1 atom stereocenters. The molecule has 0 aliphatic carbocycles. The molecule has 2 aromatic carbocycles. The molecule has 31 heavy (non-hydrogen) atoms. The molecule has 2 heterocycles. The molecule has 0 saturated heterocycles. The fourth-order valence-corrected chi connectivity index (χ4v) is 4.01. The van der Waals surface area contributed by atoms with E-state index in [1.54, 1.807) is 11.8 Å². The van der Waals surface area contributed by atoms with Gasteiger partial charge in [0.15, 0.2) is 0 Å². The number of alkyl halides is 3. The van der Waals surface area contributed by atoms with E-state index in [-0.39, 0.29) is 30.1 Å². The Morgan fingerprint density at radius 3 is 2.42 bits per heavy atom. The van der Waals surface area contributed by atoms with E-state index < -0.39 is 40.0 Å². The summed E-state index contributed by atoms with van der Waals surface area (Å²) < 4.78 is 70.1. The van der Waals surface area contributed by atoms with Crippen molar-refractivity contribution in [3.63, 3.8) is 0 Å². The average Bonchev–Trinajstić information content (AvgIpc) is 2.82. The molecule has 2 aliphatic heterocycles. The number of fused-ring (bicyclic) bond motifs is 3. The number of benzene rings is 2. The van der Waals surface area contributed by atoms with Crippen LogP contribution in [0.3, 0.4) is 0 Å². The maximum atomic E-state index is 14.7. The van der Waals surface area contributed by atoms with E-state index in [1.165, 1.54) is 12.3 Å². The minimum atomic E-state index is -4.79. The zero-order valence-corrected chi connectivity index (χ0v) is 16.8. The Balaban J connectivity index is 2.07. The highest BCUT2D eigenvalue weighted by Crippen LogP contribution is 2.43. The molecule has 1 N–H and O–H groups in total. The van der Waals surface area contributed by atoms with E-state index in [4.69, 9.17) is 11.6 Å². The number of aliphatic hydroxyl groups is 1. The minimum Gasteiger partial charge on any atom is -0.392 e. The normalized spacial score (nSPS) is 18.5. The van der Waals surface area contributed by atoms with Crippen LogP contribution in [-0.2, 0) is 6.18 Å². The minimum absolute atomic E-state index is 0.108. The third-order valence-electron chi connectivity index (χ3n) is 5.07. The van der Waals surface area contributed by atoms with Crippen molar-refractivity contribution in [3.8, 4) is 0 Å². The smallest absolute Gasteiger partial charge is 0.392 e. The van der Waals surface area contributed by atoms with Crippen LogP contribution in [0.5, 0.6) is 0 Å². The van der Waals surface area contributed by atoms with Gasteiger partial charge in [0.05, 0.1) is 34.2 Å². The van der Waals surface area contributed by atoms with Gasteiger partial charge in [0.2, 0.25) is 0 Å². The number of nitrogens with zero attached hydrogens (tertiary/aromatic N) is 3. The number of aliphatic imine (C=N–C) groups is 2. The predicted molar refractivity (Wildman–Crippen MR) is 108 cm³/mol. The topological polar surface area (TPSA) is 48.2 Å². The van der Waals surface area contributed by atoms with Gasteiger partial charge in [-0.3, -0.25) is 4.99 Å². The van der Waals surface area contributed by atoms with Gasteiger partial charge >= 0.3 is 6.18 Å². The molecule has 4 nitrogen and oxygen atoms in total. The summed E-state index contributed by atoms with van der Waals surface area (Å²) in [5, 5.41) is 8.78. The lowest BCUT2D eigenvalue weighted by molar-refractivity contribution is -0.137. The summed E-state index contributed by atoms with van der Waals surface area (Å²) in [7, 11) is 0. The van der Waals surface area contributed by atoms with Gasteiger partial charge in [-0.15, -0.1) is 0 Å². The molecule has 0 unspecified atom stereocenters. The van der Waals surface area contributed by atoms with Crippen molar-refractivity contribution in [2.75, 3.05) is 18.1 Å². The Labute approximate surface area is 179 Å². The lowest BCUT2D eigenvalue weighted by atomic mass is 9.96. The Morgan fingerprint density at radius 1 is 1.13 bits per heavy atom. The van der Waals surface area contributed by atoms with Crippen LogP contribution in [0.25, 0.3) is 0 Å². The van der Waals surface area contributed by atoms with Crippen LogP contribution in [0.1, 0.15) is 23.6 Å². The molecule has 0 aromatic heterocycles. The van der Waals surface area contributed by atoms with Gasteiger partial charge in [0.1, 0.15) is 23.5 Å². The van der Waals surface area contributed by atoms with E-state index in [0.717, 1.165) is 24.3 Å². The SMILES string of the molecule is C[C@@H]1N=C(c2c(F)cccc2F)c2c(ccc(C(F)(F)F)c2Cl)N2CC(CO)=CN=C12. The molecule has 4 rings (SSSR count). The highest BCUT2D eigenvalue weighted by Gasteiger charge is 2.39. The molecule has 2 aliphatic rings. The Bertz CT molecular complexity index is 1140. The number of amidine groups is 1. The summed E-state index contributed by atoms with van der Waals surface area (Å²) >= 11 is 6.21. The number of hydrogen-bond donors (Lipinski definition) is 1. The van der Waals surface area contributed by atoms with Crippen molar-refractivity contribution in [2.24, 2.45) is 9.98 Å². The highest BCUT2D eigenvalue weighted by atomic mass is 35.5.